The zero-order chi connectivity index (χ0) is 18.5. The summed E-state index contributed by atoms with van der Waals surface area (Å²) < 4.78 is 10.9. The number of methoxy groups -OCH3 is 1. The van der Waals surface area contributed by atoms with Crippen molar-refractivity contribution in [2.24, 2.45) is 0 Å². The Bertz CT molecular complexity index is 784. The van der Waals surface area contributed by atoms with E-state index in [2.05, 4.69) is 5.32 Å². The van der Waals surface area contributed by atoms with Crippen LogP contribution in [0.25, 0.3) is 0 Å². The first-order valence-electron chi connectivity index (χ1n) is 8.75. The number of nitrogens with one attached hydrogen (secondary N) is 1. The van der Waals surface area contributed by atoms with Gasteiger partial charge in [0.15, 0.2) is 0 Å². The third-order valence-corrected chi connectivity index (χ3v) is 4.28. The van der Waals surface area contributed by atoms with Crippen LogP contribution in [0.4, 0.5) is 0 Å². The molecule has 0 radical (unpaired) electrons. The quantitative estimate of drug-likeness (QED) is 0.777. The van der Waals surface area contributed by atoms with Crippen molar-refractivity contribution in [3.63, 3.8) is 0 Å². The van der Waals surface area contributed by atoms with Crippen LogP contribution >= 0.6 is 0 Å². The average molecular weight is 353 g/mol. The van der Waals surface area contributed by atoms with Gasteiger partial charge in [0.1, 0.15) is 5.75 Å². The van der Waals surface area contributed by atoms with E-state index in [4.69, 9.17) is 9.47 Å². The lowest BCUT2D eigenvalue weighted by atomic mass is 10.1. The van der Waals surface area contributed by atoms with E-state index < -0.39 is 12.1 Å². The Labute approximate surface area is 153 Å². The second-order valence-electron chi connectivity index (χ2n) is 6.56. The molecule has 0 spiro atoms. The molecule has 5 heteroatoms. The van der Waals surface area contributed by atoms with Crippen LogP contribution in [0, 0.1) is 6.92 Å². The van der Waals surface area contributed by atoms with Gasteiger partial charge in [-0.3, -0.25) is 9.59 Å². The summed E-state index contributed by atoms with van der Waals surface area (Å²) in [6.45, 7) is 1.95. The number of hydrogen-bond acceptors (Lipinski definition) is 4. The lowest BCUT2D eigenvalue weighted by Gasteiger charge is -2.18. The first-order chi connectivity index (χ1) is 12.6. The van der Waals surface area contributed by atoms with Crippen LogP contribution in [0.2, 0.25) is 0 Å². The van der Waals surface area contributed by atoms with Gasteiger partial charge in [0.25, 0.3) is 5.91 Å². The molecule has 1 amide bonds. The third kappa shape index (κ3) is 4.63. The van der Waals surface area contributed by atoms with E-state index >= 15 is 0 Å². The molecule has 0 aromatic heterocycles. The minimum absolute atomic E-state index is 0.0465. The van der Waals surface area contributed by atoms with E-state index in [0.717, 1.165) is 24.0 Å². The smallest absolute Gasteiger partial charge is 0.311 e. The molecule has 0 saturated heterocycles. The van der Waals surface area contributed by atoms with Crippen LogP contribution < -0.4 is 10.1 Å². The van der Waals surface area contributed by atoms with Gasteiger partial charge >= 0.3 is 5.97 Å². The number of carbonyl (C=O) groups excluding carboxylic acids is 2. The summed E-state index contributed by atoms with van der Waals surface area (Å²) in [5, 5.41) is 2.91. The van der Waals surface area contributed by atoms with Gasteiger partial charge in [0, 0.05) is 17.2 Å². The number of aryl methyl sites for hydroxylation is 1. The number of amides is 1. The van der Waals surface area contributed by atoms with Gasteiger partial charge in [-0.15, -0.1) is 0 Å². The Balaban J connectivity index is 1.74. The van der Waals surface area contributed by atoms with Crippen molar-refractivity contribution in [2.75, 3.05) is 7.11 Å². The van der Waals surface area contributed by atoms with Gasteiger partial charge in [-0.25, -0.2) is 0 Å². The molecular formula is C21H23NO4. The Morgan fingerprint density at radius 1 is 1.15 bits per heavy atom. The fourth-order valence-corrected chi connectivity index (χ4v) is 2.78. The number of esters is 1. The monoisotopic (exact) mass is 353 g/mol. The summed E-state index contributed by atoms with van der Waals surface area (Å²) in [5.41, 5.74) is 2.43. The third-order valence-electron chi connectivity index (χ3n) is 4.28. The topological polar surface area (TPSA) is 64.6 Å². The number of benzene rings is 2. The number of carbonyl (C=O) groups is 2. The fraction of sp³-hybridized carbons (Fsp3) is 0.333. The Hall–Kier alpha value is -2.82. The molecule has 1 aliphatic rings. The number of ether oxygens (including phenoxy) is 2. The van der Waals surface area contributed by atoms with E-state index in [1.165, 1.54) is 0 Å². The summed E-state index contributed by atoms with van der Waals surface area (Å²) in [4.78, 5) is 25.1. The molecule has 0 bridgehead atoms. The SMILES string of the molecule is COc1ccc(C)cc1CC(=O)O[C@H](C(=O)NC1CC1)c1ccccc1. The van der Waals surface area contributed by atoms with E-state index in [1.54, 1.807) is 19.2 Å². The molecule has 1 N–H and O–H groups in total. The second kappa shape index (κ2) is 8.04. The number of rotatable bonds is 7. The summed E-state index contributed by atoms with van der Waals surface area (Å²) in [6.07, 6.45) is 1.05. The normalized spacial score (nSPS) is 14.4. The van der Waals surface area contributed by atoms with Crippen molar-refractivity contribution in [2.45, 2.75) is 38.3 Å². The van der Waals surface area contributed by atoms with Gasteiger partial charge < -0.3 is 14.8 Å². The van der Waals surface area contributed by atoms with Crippen molar-refractivity contribution in [1.29, 1.82) is 0 Å². The molecule has 2 aromatic carbocycles. The van der Waals surface area contributed by atoms with Gasteiger partial charge in [-0.05, 0) is 25.8 Å². The number of hydrogen-bond donors (Lipinski definition) is 1. The zero-order valence-corrected chi connectivity index (χ0v) is 15.0. The van der Waals surface area contributed by atoms with Gasteiger partial charge in [-0.1, -0.05) is 48.0 Å². The minimum Gasteiger partial charge on any atom is -0.496 e. The van der Waals surface area contributed by atoms with Crippen LogP contribution in [0.15, 0.2) is 48.5 Å². The van der Waals surface area contributed by atoms with Gasteiger partial charge in [0.05, 0.1) is 13.5 Å². The highest BCUT2D eigenvalue weighted by Crippen LogP contribution is 2.25. The molecule has 1 saturated carbocycles. The van der Waals surface area contributed by atoms with E-state index in [1.807, 2.05) is 43.3 Å². The van der Waals surface area contributed by atoms with Gasteiger partial charge in [-0.2, -0.15) is 0 Å². The highest BCUT2D eigenvalue weighted by atomic mass is 16.5. The first-order valence-corrected chi connectivity index (χ1v) is 8.75. The molecule has 0 unspecified atom stereocenters. The van der Waals surface area contributed by atoms with Gasteiger partial charge in [0.2, 0.25) is 6.10 Å². The van der Waals surface area contributed by atoms with Crippen molar-refractivity contribution >= 4 is 11.9 Å². The van der Waals surface area contributed by atoms with E-state index in [9.17, 15) is 9.59 Å². The van der Waals surface area contributed by atoms with Crippen molar-refractivity contribution in [3.05, 3.63) is 65.2 Å². The molecule has 2 aromatic rings. The van der Waals surface area contributed by atoms with Crippen molar-refractivity contribution in [3.8, 4) is 5.75 Å². The summed E-state index contributed by atoms with van der Waals surface area (Å²) >= 11 is 0. The van der Waals surface area contributed by atoms with Crippen LogP contribution in [-0.2, 0) is 20.7 Å². The van der Waals surface area contributed by atoms with Crippen molar-refractivity contribution in [1.82, 2.24) is 5.32 Å². The Morgan fingerprint density at radius 2 is 1.88 bits per heavy atom. The summed E-state index contributed by atoms with van der Waals surface area (Å²) in [5.74, 6) is -0.108. The van der Waals surface area contributed by atoms with Crippen LogP contribution in [-0.4, -0.2) is 25.0 Å². The van der Waals surface area contributed by atoms with Crippen molar-refractivity contribution < 1.29 is 19.1 Å². The Morgan fingerprint density at radius 3 is 2.54 bits per heavy atom. The zero-order valence-electron chi connectivity index (χ0n) is 15.0. The molecule has 1 atom stereocenters. The highest BCUT2D eigenvalue weighted by molar-refractivity contribution is 5.86. The fourth-order valence-electron chi connectivity index (χ4n) is 2.78. The standard InChI is InChI=1S/C21H23NO4/c1-14-8-11-18(25-2)16(12-14)13-19(23)26-20(15-6-4-3-5-7-15)21(24)22-17-9-10-17/h3-8,11-12,17,20H,9-10,13H2,1-2H3,(H,22,24)/t20-/m0/s1. The van der Waals surface area contributed by atoms with Crippen LogP contribution in [0.3, 0.4) is 0 Å². The summed E-state index contributed by atoms with van der Waals surface area (Å²) in [7, 11) is 1.56. The molecule has 0 aliphatic heterocycles. The molecule has 136 valence electrons. The lowest BCUT2D eigenvalue weighted by Crippen LogP contribution is -2.33. The summed E-state index contributed by atoms with van der Waals surface area (Å²) in [6, 6.07) is 14.9. The van der Waals surface area contributed by atoms with Crippen LogP contribution in [0.1, 0.15) is 35.6 Å². The Kier molecular flexibility index (Phi) is 5.56. The maximum Gasteiger partial charge on any atom is 0.311 e. The molecular weight excluding hydrogens is 330 g/mol. The molecule has 1 aliphatic carbocycles. The second-order valence-corrected chi connectivity index (χ2v) is 6.56. The minimum atomic E-state index is -0.944. The molecule has 0 heterocycles. The largest absolute Gasteiger partial charge is 0.496 e. The first kappa shape index (κ1) is 18.0. The molecule has 3 rings (SSSR count). The van der Waals surface area contributed by atoms with E-state index in [-0.39, 0.29) is 18.4 Å². The highest BCUT2D eigenvalue weighted by Gasteiger charge is 2.30. The van der Waals surface area contributed by atoms with Crippen LogP contribution in [0.5, 0.6) is 5.75 Å². The molecule has 1 fully saturated rings. The van der Waals surface area contributed by atoms with E-state index in [0.29, 0.717) is 11.3 Å². The molecule has 5 nitrogen and oxygen atoms in total. The maximum atomic E-state index is 12.5. The maximum absolute atomic E-state index is 12.5. The predicted octanol–water partition coefficient (Wildman–Crippen LogP) is 3.11. The molecule has 26 heavy (non-hydrogen) atoms. The predicted molar refractivity (Wildman–Crippen MR) is 97.9 cm³/mol. The average Bonchev–Trinajstić information content (AvgIpc) is 3.44. The lowest BCUT2D eigenvalue weighted by molar-refractivity contribution is -0.156.